The predicted molar refractivity (Wildman–Crippen MR) is 183 cm³/mol. The summed E-state index contributed by atoms with van der Waals surface area (Å²) in [5.41, 5.74) is 8.35. The fourth-order valence-corrected chi connectivity index (χ4v) is 6.69. The molecule has 2 saturated heterocycles. The van der Waals surface area contributed by atoms with Crippen molar-refractivity contribution < 1.29 is 33.8 Å². The highest BCUT2D eigenvalue weighted by molar-refractivity contribution is 6.24. The summed E-state index contributed by atoms with van der Waals surface area (Å²) >= 11 is 0. The van der Waals surface area contributed by atoms with Crippen LogP contribution < -0.4 is 20.7 Å². The molecule has 0 saturated carbocycles. The number of nitrogens with one attached hydrogen (secondary N) is 1. The number of piperazine rings is 1. The fourth-order valence-electron chi connectivity index (χ4n) is 6.69. The molecule has 1 atom stereocenters. The van der Waals surface area contributed by atoms with Crippen LogP contribution in [0.15, 0.2) is 48.5 Å². The Morgan fingerprint density at radius 2 is 1.60 bits per heavy atom. The molecular weight excluding hydrogens is 642 g/mol. The smallest absolute Gasteiger partial charge is 0.266 e. The number of para-hydroxylation sites is 1. The van der Waals surface area contributed by atoms with Crippen molar-refractivity contribution in [2.24, 2.45) is 0 Å². The topological polar surface area (TPSA) is 188 Å². The van der Waals surface area contributed by atoms with Crippen LogP contribution in [0.3, 0.4) is 0 Å². The highest BCUT2D eigenvalue weighted by Gasteiger charge is 2.46. The largest absolute Gasteiger partial charge is 0.507 e. The van der Waals surface area contributed by atoms with E-state index in [-0.39, 0.29) is 35.6 Å². The van der Waals surface area contributed by atoms with Gasteiger partial charge in [-0.3, -0.25) is 34.2 Å². The van der Waals surface area contributed by atoms with Crippen molar-refractivity contribution >= 4 is 41.0 Å². The number of nitrogens with zero attached hydrogens (tertiary/aromatic N) is 5. The predicted octanol–water partition coefficient (Wildman–Crippen LogP) is 3.29. The van der Waals surface area contributed by atoms with Crippen molar-refractivity contribution in [1.29, 1.82) is 0 Å². The van der Waals surface area contributed by atoms with Crippen LogP contribution in [-0.2, 0) is 14.4 Å². The van der Waals surface area contributed by atoms with Gasteiger partial charge in [-0.05, 0) is 49.6 Å². The number of phenolic OH excluding ortho intramolecular Hbond substituents is 1. The molecule has 14 heteroatoms. The second kappa shape index (κ2) is 15.3. The van der Waals surface area contributed by atoms with Gasteiger partial charge in [-0.25, -0.2) is 0 Å². The van der Waals surface area contributed by atoms with Gasteiger partial charge in [0, 0.05) is 44.6 Å². The van der Waals surface area contributed by atoms with Crippen LogP contribution in [-0.4, -0.2) is 93.5 Å². The quantitative estimate of drug-likeness (QED) is 0.177. The molecule has 3 aliphatic rings. The lowest BCUT2D eigenvalue weighted by Crippen LogP contribution is -2.54. The number of aromatic nitrogens is 2. The number of imide groups is 2. The monoisotopic (exact) mass is 683 g/mol. The molecule has 262 valence electrons. The summed E-state index contributed by atoms with van der Waals surface area (Å²) in [5.74, 6) is -1.31. The van der Waals surface area contributed by atoms with E-state index in [0.29, 0.717) is 62.0 Å². The van der Waals surface area contributed by atoms with Gasteiger partial charge in [0.1, 0.15) is 17.5 Å². The number of phenols is 1. The zero-order valence-corrected chi connectivity index (χ0v) is 27.8. The lowest BCUT2D eigenvalue weighted by molar-refractivity contribution is -0.136. The maximum Gasteiger partial charge on any atom is 0.266 e. The number of nitrogen functional groups attached to an aromatic ring is 1. The van der Waals surface area contributed by atoms with E-state index in [4.69, 9.17) is 10.5 Å². The molecular formula is C36H41N7O7. The Bertz CT molecular complexity index is 1790. The molecule has 0 spiro atoms. The number of benzene rings is 2. The standard InChI is InChI=1S/C36H41N7O7/c37-33-27(22-25(39-40-33)23-10-6-7-12-28(23)44)41-17-19-42(20-18-41)31(46)14-5-3-1-2-4-8-21-50-29-13-9-11-24-32(29)36(49)43(35(24)48)26-15-16-30(45)38-34(26)47/h6-7,9-13,22,26,44H,1-5,8,14-21H2,(H2,37,40)(H,38,45,47). The molecule has 4 N–H and O–H groups in total. The van der Waals surface area contributed by atoms with Crippen LogP contribution >= 0.6 is 0 Å². The van der Waals surface area contributed by atoms with Gasteiger partial charge < -0.3 is 25.4 Å². The molecule has 2 aromatic carbocycles. The minimum Gasteiger partial charge on any atom is -0.507 e. The van der Waals surface area contributed by atoms with Gasteiger partial charge in [-0.1, -0.05) is 43.9 Å². The molecule has 3 aromatic rings. The third-order valence-electron chi connectivity index (χ3n) is 9.43. The van der Waals surface area contributed by atoms with Gasteiger partial charge >= 0.3 is 0 Å². The van der Waals surface area contributed by atoms with E-state index in [2.05, 4.69) is 20.4 Å². The summed E-state index contributed by atoms with van der Waals surface area (Å²) in [5, 5.41) is 20.7. The first kappa shape index (κ1) is 34.3. The Morgan fingerprint density at radius 1 is 0.880 bits per heavy atom. The zero-order valence-electron chi connectivity index (χ0n) is 27.8. The van der Waals surface area contributed by atoms with Gasteiger partial charge in [0.05, 0.1) is 29.1 Å². The number of piperidine rings is 1. The number of aromatic hydroxyl groups is 1. The Kier molecular flexibility index (Phi) is 10.5. The number of rotatable bonds is 13. The van der Waals surface area contributed by atoms with Crippen LogP contribution in [0.4, 0.5) is 11.5 Å². The number of nitrogens with two attached hydrogens (primary N) is 1. The van der Waals surface area contributed by atoms with Crippen molar-refractivity contribution in [3.63, 3.8) is 0 Å². The van der Waals surface area contributed by atoms with Crippen LogP contribution in [0.2, 0.25) is 0 Å². The SMILES string of the molecule is Nc1nnc(-c2ccccc2O)cc1N1CCN(C(=O)CCCCCCCCOc2cccc3c2C(=O)N(C2CCC(=O)NC2=O)C3=O)CC1. The Labute approximate surface area is 289 Å². The van der Waals surface area contributed by atoms with Crippen LogP contribution in [0.5, 0.6) is 11.5 Å². The van der Waals surface area contributed by atoms with Crippen LogP contribution in [0.1, 0.15) is 78.5 Å². The minimum atomic E-state index is -1.02. The third-order valence-corrected chi connectivity index (χ3v) is 9.43. The average molecular weight is 684 g/mol. The Balaban J connectivity index is 0.871. The summed E-state index contributed by atoms with van der Waals surface area (Å²) in [7, 11) is 0. The van der Waals surface area contributed by atoms with E-state index < -0.39 is 29.7 Å². The average Bonchev–Trinajstić information content (AvgIpc) is 3.37. The summed E-state index contributed by atoms with van der Waals surface area (Å²) < 4.78 is 5.92. The maximum atomic E-state index is 13.2. The third kappa shape index (κ3) is 7.38. The summed E-state index contributed by atoms with van der Waals surface area (Å²) in [6, 6.07) is 12.6. The van der Waals surface area contributed by atoms with E-state index >= 15 is 0 Å². The van der Waals surface area contributed by atoms with Crippen molar-refractivity contribution in [3.8, 4) is 22.8 Å². The summed E-state index contributed by atoms with van der Waals surface area (Å²) in [4.78, 5) is 67.9. The summed E-state index contributed by atoms with van der Waals surface area (Å²) in [6.45, 7) is 2.80. The number of unbranched alkanes of at least 4 members (excludes halogenated alkanes) is 5. The molecule has 50 heavy (non-hydrogen) atoms. The Morgan fingerprint density at radius 3 is 2.36 bits per heavy atom. The van der Waals surface area contributed by atoms with E-state index in [9.17, 15) is 29.1 Å². The van der Waals surface area contributed by atoms with Crippen molar-refractivity contribution in [2.75, 3.05) is 43.4 Å². The lowest BCUT2D eigenvalue weighted by atomic mass is 10.0. The minimum absolute atomic E-state index is 0.0634. The number of hydrogen-bond donors (Lipinski definition) is 3. The van der Waals surface area contributed by atoms with Gasteiger partial charge in [-0.2, -0.15) is 0 Å². The van der Waals surface area contributed by atoms with E-state index in [1.54, 1.807) is 36.4 Å². The number of carbonyl (C=O) groups excluding carboxylic acids is 5. The Hall–Kier alpha value is -5.53. The van der Waals surface area contributed by atoms with Crippen molar-refractivity contribution in [3.05, 3.63) is 59.7 Å². The number of anilines is 2. The van der Waals surface area contributed by atoms with Crippen LogP contribution in [0.25, 0.3) is 11.3 Å². The highest BCUT2D eigenvalue weighted by Crippen LogP contribution is 2.34. The molecule has 0 bridgehead atoms. The number of hydrogen-bond acceptors (Lipinski definition) is 11. The number of amides is 5. The maximum absolute atomic E-state index is 13.2. The molecule has 3 aliphatic heterocycles. The van der Waals surface area contributed by atoms with E-state index in [0.717, 1.165) is 49.1 Å². The van der Waals surface area contributed by atoms with E-state index in [1.807, 2.05) is 17.0 Å². The zero-order chi connectivity index (χ0) is 35.2. The highest BCUT2D eigenvalue weighted by atomic mass is 16.5. The van der Waals surface area contributed by atoms with Gasteiger partial charge in [0.2, 0.25) is 17.7 Å². The van der Waals surface area contributed by atoms with Gasteiger partial charge in [0.15, 0.2) is 5.82 Å². The second-order valence-electron chi connectivity index (χ2n) is 12.7. The molecule has 1 aromatic heterocycles. The molecule has 4 heterocycles. The summed E-state index contributed by atoms with van der Waals surface area (Å²) in [6.07, 6.45) is 6.07. The first-order valence-electron chi connectivity index (χ1n) is 17.1. The first-order valence-corrected chi connectivity index (χ1v) is 17.1. The molecule has 6 rings (SSSR count). The van der Waals surface area contributed by atoms with Crippen LogP contribution in [0, 0.1) is 0 Å². The number of ether oxygens (including phenoxy) is 1. The van der Waals surface area contributed by atoms with E-state index in [1.165, 1.54) is 0 Å². The fraction of sp³-hybridized carbons (Fsp3) is 0.417. The van der Waals surface area contributed by atoms with Gasteiger partial charge in [-0.15, -0.1) is 10.2 Å². The second-order valence-corrected chi connectivity index (χ2v) is 12.7. The molecule has 0 radical (unpaired) electrons. The molecule has 5 amide bonds. The van der Waals surface area contributed by atoms with Crippen molar-refractivity contribution in [1.82, 2.24) is 25.3 Å². The molecule has 0 aliphatic carbocycles. The molecule has 2 fully saturated rings. The first-order chi connectivity index (χ1) is 24.2. The lowest BCUT2D eigenvalue weighted by Gasteiger charge is -2.36. The van der Waals surface area contributed by atoms with Gasteiger partial charge in [0.25, 0.3) is 11.8 Å². The number of carbonyl (C=O) groups is 5. The number of fused-ring (bicyclic) bond motifs is 1. The molecule has 1 unspecified atom stereocenters. The normalized spacial score (nSPS) is 17.6. The molecule has 14 nitrogen and oxygen atoms in total. The van der Waals surface area contributed by atoms with Crippen molar-refractivity contribution in [2.45, 2.75) is 63.8 Å².